The smallest absolute Gasteiger partial charge is 0.209 e. The summed E-state index contributed by atoms with van der Waals surface area (Å²) >= 11 is 2.96. The molecule has 1 atom stereocenters. The molecule has 0 aliphatic heterocycles. The van der Waals surface area contributed by atoms with Gasteiger partial charge >= 0.3 is 0 Å². The maximum absolute atomic E-state index is 12.3. The van der Waals surface area contributed by atoms with E-state index in [1.165, 1.54) is 5.56 Å². The predicted molar refractivity (Wildman–Crippen MR) is 58.2 cm³/mol. The Morgan fingerprint density at radius 2 is 1.43 bits per heavy atom. The van der Waals surface area contributed by atoms with Gasteiger partial charge in [-0.3, -0.25) is 0 Å². The molecule has 0 fully saturated rings. The number of rotatable bonds is 3. The van der Waals surface area contributed by atoms with Gasteiger partial charge in [0.15, 0.2) is 0 Å². The number of benzene rings is 1. The van der Waals surface area contributed by atoms with Crippen LogP contribution in [0.3, 0.4) is 0 Å². The zero-order valence-electron chi connectivity index (χ0n) is 8.18. The molecule has 1 rings (SSSR count). The van der Waals surface area contributed by atoms with Crippen LogP contribution in [0.2, 0.25) is 0 Å². The molecule has 0 nitrogen and oxygen atoms in total. The fourth-order valence-corrected chi connectivity index (χ4v) is 1.52. The average Bonchev–Trinajstić information content (AvgIpc) is 2.16. The van der Waals surface area contributed by atoms with E-state index in [4.69, 9.17) is 0 Å². The summed E-state index contributed by atoms with van der Waals surface area (Å²) in [5.74, 6) is 0.435. The van der Waals surface area contributed by atoms with Gasteiger partial charge in [-0.25, -0.2) is 8.78 Å². The Labute approximate surface area is 91.5 Å². The number of hydrogen-bond acceptors (Lipinski definition) is 0. The minimum absolute atomic E-state index is 0.435. The molecule has 1 unspecified atom stereocenters. The SMILES string of the molecule is CC(C)c1ccc(C(Br)C(F)F)cc1. The lowest BCUT2D eigenvalue weighted by Gasteiger charge is -2.10. The molecule has 0 aliphatic carbocycles. The highest BCUT2D eigenvalue weighted by atomic mass is 79.9. The van der Waals surface area contributed by atoms with Gasteiger partial charge < -0.3 is 0 Å². The van der Waals surface area contributed by atoms with Crippen molar-refractivity contribution in [3.63, 3.8) is 0 Å². The van der Waals surface area contributed by atoms with Gasteiger partial charge in [0, 0.05) is 0 Å². The number of halogens is 3. The first-order chi connectivity index (χ1) is 6.52. The van der Waals surface area contributed by atoms with Crippen LogP contribution in [0, 0.1) is 0 Å². The van der Waals surface area contributed by atoms with Crippen molar-refractivity contribution in [2.75, 3.05) is 0 Å². The van der Waals surface area contributed by atoms with Gasteiger partial charge in [-0.1, -0.05) is 54.0 Å². The van der Waals surface area contributed by atoms with Crippen molar-refractivity contribution >= 4 is 15.9 Å². The van der Waals surface area contributed by atoms with E-state index in [9.17, 15) is 8.78 Å². The molecule has 0 aliphatic rings. The summed E-state index contributed by atoms with van der Waals surface area (Å²) in [6.07, 6.45) is -2.36. The molecule has 3 heteroatoms. The van der Waals surface area contributed by atoms with Crippen LogP contribution >= 0.6 is 15.9 Å². The van der Waals surface area contributed by atoms with Crippen LogP contribution in [0.15, 0.2) is 24.3 Å². The van der Waals surface area contributed by atoms with E-state index in [1.54, 1.807) is 12.1 Å². The number of alkyl halides is 3. The van der Waals surface area contributed by atoms with Crippen LogP contribution in [0.25, 0.3) is 0 Å². The van der Waals surface area contributed by atoms with Crippen LogP contribution in [-0.4, -0.2) is 6.43 Å². The molecule has 1 aromatic rings. The van der Waals surface area contributed by atoms with Gasteiger partial charge in [0.25, 0.3) is 6.43 Å². The lowest BCUT2D eigenvalue weighted by Crippen LogP contribution is -2.01. The summed E-state index contributed by atoms with van der Waals surface area (Å²) in [4.78, 5) is -0.858. The van der Waals surface area contributed by atoms with E-state index in [-0.39, 0.29) is 0 Å². The second-order valence-corrected chi connectivity index (χ2v) is 4.54. The Kier molecular flexibility index (Phi) is 4.05. The topological polar surface area (TPSA) is 0 Å². The molecule has 0 amide bonds. The number of hydrogen-bond donors (Lipinski definition) is 0. The zero-order valence-corrected chi connectivity index (χ0v) is 9.76. The van der Waals surface area contributed by atoms with Crippen LogP contribution in [-0.2, 0) is 0 Å². The van der Waals surface area contributed by atoms with Gasteiger partial charge in [0.05, 0.1) is 0 Å². The van der Waals surface area contributed by atoms with E-state index < -0.39 is 11.3 Å². The molecular weight excluding hydrogens is 250 g/mol. The van der Waals surface area contributed by atoms with Gasteiger partial charge in [-0.05, 0) is 17.0 Å². The summed E-state index contributed by atoms with van der Waals surface area (Å²) in [6.45, 7) is 4.15. The third kappa shape index (κ3) is 2.77. The highest BCUT2D eigenvalue weighted by molar-refractivity contribution is 9.09. The van der Waals surface area contributed by atoms with E-state index in [0.29, 0.717) is 11.5 Å². The second kappa shape index (κ2) is 4.87. The largest absolute Gasteiger partial charge is 0.255 e. The Balaban J connectivity index is 2.83. The molecule has 0 N–H and O–H groups in total. The highest BCUT2D eigenvalue weighted by Gasteiger charge is 2.18. The van der Waals surface area contributed by atoms with Crippen LogP contribution < -0.4 is 0 Å². The molecule has 0 aromatic heterocycles. The van der Waals surface area contributed by atoms with Gasteiger partial charge in [-0.15, -0.1) is 0 Å². The minimum Gasteiger partial charge on any atom is -0.209 e. The molecule has 1 aromatic carbocycles. The van der Waals surface area contributed by atoms with Gasteiger partial charge in [-0.2, -0.15) is 0 Å². The normalized spacial score (nSPS) is 13.6. The maximum atomic E-state index is 12.3. The molecule has 0 saturated heterocycles. The van der Waals surface area contributed by atoms with E-state index >= 15 is 0 Å². The van der Waals surface area contributed by atoms with Crippen molar-refractivity contribution in [1.29, 1.82) is 0 Å². The molecule has 0 bridgehead atoms. The van der Waals surface area contributed by atoms with Gasteiger partial charge in [0.1, 0.15) is 4.83 Å². The molecule has 0 heterocycles. The summed E-state index contributed by atoms with van der Waals surface area (Å²) < 4.78 is 24.7. The molecule has 0 saturated carbocycles. The third-order valence-electron chi connectivity index (χ3n) is 2.14. The van der Waals surface area contributed by atoms with Crippen molar-refractivity contribution < 1.29 is 8.78 Å². The summed E-state index contributed by atoms with van der Waals surface area (Å²) in [6, 6.07) is 7.30. The van der Waals surface area contributed by atoms with E-state index in [2.05, 4.69) is 29.8 Å². The fourth-order valence-electron chi connectivity index (χ4n) is 1.21. The predicted octanol–water partition coefficient (Wildman–Crippen LogP) is 4.51. The average molecular weight is 263 g/mol. The Morgan fingerprint density at radius 3 is 1.79 bits per heavy atom. The molecule has 14 heavy (non-hydrogen) atoms. The second-order valence-electron chi connectivity index (χ2n) is 3.56. The lowest BCUT2D eigenvalue weighted by molar-refractivity contribution is 0.147. The van der Waals surface area contributed by atoms with Crippen LogP contribution in [0.1, 0.15) is 35.7 Å². The lowest BCUT2D eigenvalue weighted by atomic mass is 10.0. The van der Waals surface area contributed by atoms with Gasteiger partial charge in [0.2, 0.25) is 0 Å². The fraction of sp³-hybridized carbons (Fsp3) is 0.455. The first-order valence-electron chi connectivity index (χ1n) is 4.54. The zero-order chi connectivity index (χ0) is 10.7. The first-order valence-corrected chi connectivity index (χ1v) is 5.46. The van der Waals surface area contributed by atoms with Crippen molar-refractivity contribution in [2.24, 2.45) is 0 Å². The monoisotopic (exact) mass is 262 g/mol. The standard InChI is InChI=1S/C11H13BrF2/c1-7(2)8-3-5-9(6-4-8)10(12)11(13)14/h3-7,10-11H,1-2H3. The Hall–Kier alpha value is -0.440. The Bertz CT molecular complexity index is 280. The summed E-state index contributed by atoms with van der Waals surface area (Å²) in [5.41, 5.74) is 1.80. The molecule has 0 radical (unpaired) electrons. The van der Waals surface area contributed by atoms with Crippen molar-refractivity contribution in [3.8, 4) is 0 Å². The van der Waals surface area contributed by atoms with Crippen molar-refractivity contribution in [1.82, 2.24) is 0 Å². The van der Waals surface area contributed by atoms with E-state index in [1.807, 2.05) is 12.1 Å². The van der Waals surface area contributed by atoms with Crippen molar-refractivity contribution in [2.45, 2.75) is 31.0 Å². The minimum atomic E-state index is -2.36. The first kappa shape index (κ1) is 11.6. The highest BCUT2D eigenvalue weighted by Crippen LogP contribution is 2.30. The summed E-state index contributed by atoms with van der Waals surface area (Å²) in [5, 5.41) is 0. The van der Waals surface area contributed by atoms with E-state index in [0.717, 1.165) is 0 Å². The molecule has 0 spiro atoms. The maximum Gasteiger partial charge on any atom is 0.255 e. The molecule has 78 valence electrons. The third-order valence-corrected chi connectivity index (χ3v) is 3.07. The molecular formula is C11H13BrF2. The quantitative estimate of drug-likeness (QED) is 0.704. The summed E-state index contributed by atoms with van der Waals surface area (Å²) in [7, 11) is 0. The Morgan fingerprint density at radius 1 is 1.00 bits per heavy atom. The van der Waals surface area contributed by atoms with Crippen LogP contribution in [0.5, 0.6) is 0 Å². The van der Waals surface area contributed by atoms with Crippen LogP contribution in [0.4, 0.5) is 8.78 Å². The van der Waals surface area contributed by atoms with Crippen molar-refractivity contribution in [3.05, 3.63) is 35.4 Å².